The van der Waals surface area contributed by atoms with E-state index in [1.54, 1.807) is 6.07 Å². The number of anilines is 1. The molecule has 1 aliphatic rings. The molecule has 0 N–H and O–H groups in total. The van der Waals surface area contributed by atoms with E-state index in [0.717, 1.165) is 30.4 Å². The van der Waals surface area contributed by atoms with Gasteiger partial charge in [0.25, 0.3) is 0 Å². The summed E-state index contributed by atoms with van der Waals surface area (Å²) in [7, 11) is 0. The maximum Gasteiger partial charge on any atom is 0.236 e. The van der Waals surface area contributed by atoms with Crippen LogP contribution in [-0.2, 0) is 0 Å². The minimum absolute atomic E-state index is 0.366. The average Bonchev–Trinajstić information content (AvgIpc) is 2.23. The van der Waals surface area contributed by atoms with Crippen molar-refractivity contribution in [3.63, 3.8) is 0 Å². The third-order valence-corrected chi connectivity index (χ3v) is 2.92. The van der Waals surface area contributed by atoms with Gasteiger partial charge in [-0.1, -0.05) is 0 Å². The molecule has 1 saturated heterocycles. The molecule has 2 rings (SSSR count). The molecule has 0 aromatic carbocycles. The van der Waals surface area contributed by atoms with Gasteiger partial charge in [-0.2, -0.15) is 4.39 Å². The van der Waals surface area contributed by atoms with Crippen molar-refractivity contribution in [2.45, 2.75) is 19.3 Å². The topological polar surface area (TPSA) is 16.1 Å². The Labute approximate surface area is 91.3 Å². The maximum atomic E-state index is 13.4. The molecule has 0 bridgehead atoms. The first kappa shape index (κ1) is 9.90. The number of nitrogens with zero attached hydrogens (tertiary/aromatic N) is 2. The summed E-state index contributed by atoms with van der Waals surface area (Å²) < 4.78 is 14.2. The van der Waals surface area contributed by atoms with Gasteiger partial charge in [0, 0.05) is 23.8 Å². The van der Waals surface area contributed by atoms with Crippen molar-refractivity contribution in [2.75, 3.05) is 18.0 Å². The van der Waals surface area contributed by atoms with Crippen LogP contribution in [0.3, 0.4) is 0 Å². The van der Waals surface area contributed by atoms with Crippen LogP contribution >= 0.6 is 15.9 Å². The van der Waals surface area contributed by atoms with Gasteiger partial charge < -0.3 is 4.90 Å². The molecule has 76 valence electrons. The van der Waals surface area contributed by atoms with E-state index in [9.17, 15) is 4.39 Å². The van der Waals surface area contributed by atoms with Crippen LogP contribution in [0.15, 0.2) is 16.7 Å². The molecule has 2 nitrogen and oxygen atoms in total. The Hall–Kier alpha value is -0.640. The fourth-order valence-electron chi connectivity index (χ4n) is 1.77. The SMILES string of the molecule is Fc1ncc(Br)cc1N1CCCCC1. The molecule has 1 aromatic rings. The predicted octanol–water partition coefficient (Wildman–Crippen LogP) is 2.97. The number of rotatable bonds is 1. The fourth-order valence-corrected chi connectivity index (χ4v) is 2.09. The Kier molecular flexibility index (Phi) is 3.01. The lowest BCUT2D eigenvalue weighted by Gasteiger charge is -2.28. The number of hydrogen-bond acceptors (Lipinski definition) is 2. The van der Waals surface area contributed by atoms with E-state index >= 15 is 0 Å². The quantitative estimate of drug-likeness (QED) is 0.721. The molecule has 0 saturated carbocycles. The molecule has 1 fully saturated rings. The lowest BCUT2D eigenvalue weighted by Crippen LogP contribution is -2.30. The summed E-state index contributed by atoms with van der Waals surface area (Å²) in [4.78, 5) is 5.76. The van der Waals surface area contributed by atoms with Gasteiger partial charge >= 0.3 is 0 Å². The Bertz CT molecular complexity index is 324. The summed E-state index contributed by atoms with van der Waals surface area (Å²) in [6.45, 7) is 1.88. The van der Waals surface area contributed by atoms with Crippen LogP contribution < -0.4 is 4.90 Å². The normalized spacial score (nSPS) is 17.1. The third-order valence-electron chi connectivity index (χ3n) is 2.48. The van der Waals surface area contributed by atoms with Gasteiger partial charge in [0.05, 0.1) is 5.69 Å². The van der Waals surface area contributed by atoms with E-state index in [1.807, 2.05) is 0 Å². The summed E-state index contributed by atoms with van der Waals surface area (Å²) in [5.74, 6) is -0.366. The van der Waals surface area contributed by atoms with Gasteiger partial charge in [0.2, 0.25) is 5.95 Å². The first-order valence-electron chi connectivity index (χ1n) is 4.83. The second kappa shape index (κ2) is 4.26. The van der Waals surface area contributed by atoms with Crippen LogP contribution in [-0.4, -0.2) is 18.1 Å². The monoisotopic (exact) mass is 258 g/mol. The molecule has 4 heteroatoms. The van der Waals surface area contributed by atoms with E-state index in [1.165, 1.54) is 12.6 Å². The first-order valence-corrected chi connectivity index (χ1v) is 5.62. The third kappa shape index (κ3) is 2.05. The molecule has 0 spiro atoms. The highest BCUT2D eigenvalue weighted by Crippen LogP contribution is 2.24. The molecule has 0 aliphatic carbocycles. The molecule has 0 unspecified atom stereocenters. The largest absolute Gasteiger partial charge is 0.368 e. The average molecular weight is 259 g/mol. The molecule has 2 heterocycles. The number of hydrogen-bond donors (Lipinski definition) is 0. The second-order valence-corrected chi connectivity index (χ2v) is 4.43. The molecule has 0 radical (unpaired) electrons. The number of halogens is 2. The highest BCUT2D eigenvalue weighted by Gasteiger charge is 2.15. The van der Waals surface area contributed by atoms with Gasteiger partial charge in [0.15, 0.2) is 0 Å². The molecule has 0 amide bonds. The van der Waals surface area contributed by atoms with E-state index in [-0.39, 0.29) is 5.95 Å². The predicted molar refractivity (Wildman–Crippen MR) is 58.0 cm³/mol. The first-order chi connectivity index (χ1) is 6.77. The minimum Gasteiger partial charge on any atom is -0.368 e. The lowest BCUT2D eigenvalue weighted by molar-refractivity contribution is 0.540. The second-order valence-electron chi connectivity index (χ2n) is 3.51. The summed E-state index contributed by atoms with van der Waals surface area (Å²) in [6.07, 6.45) is 5.03. The molecule has 1 aromatic heterocycles. The summed E-state index contributed by atoms with van der Waals surface area (Å²) in [5, 5.41) is 0. The lowest BCUT2D eigenvalue weighted by atomic mass is 10.1. The van der Waals surface area contributed by atoms with Crippen molar-refractivity contribution in [1.29, 1.82) is 0 Å². The minimum atomic E-state index is -0.366. The van der Waals surface area contributed by atoms with Crippen LogP contribution in [0.5, 0.6) is 0 Å². The molecule has 0 atom stereocenters. The van der Waals surface area contributed by atoms with Crippen LogP contribution in [0.1, 0.15) is 19.3 Å². The Morgan fingerprint density at radius 3 is 2.71 bits per heavy atom. The molecule has 14 heavy (non-hydrogen) atoms. The van der Waals surface area contributed by atoms with Crippen molar-refractivity contribution < 1.29 is 4.39 Å². The van der Waals surface area contributed by atoms with Crippen LogP contribution in [0, 0.1) is 5.95 Å². The smallest absolute Gasteiger partial charge is 0.236 e. The highest BCUT2D eigenvalue weighted by molar-refractivity contribution is 9.10. The fraction of sp³-hybridized carbons (Fsp3) is 0.500. The zero-order valence-electron chi connectivity index (χ0n) is 7.84. The number of aromatic nitrogens is 1. The number of piperidine rings is 1. The zero-order valence-corrected chi connectivity index (χ0v) is 9.43. The summed E-state index contributed by atoms with van der Waals surface area (Å²) >= 11 is 3.31. The molecular formula is C10H12BrFN2. The van der Waals surface area contributed by atoms with Gasteiger partial charge in [-0.3, -0.25) is 0 Å². The van der Waals surface area contributed by atoms with E-state index in [0.29, 0.717) is 5.69 Å². The highest BCUT2D eigenvalue weighted by atomic mass is 79.9. The van der Waals surface area contributed by atoms with Gasteiger partial charge in [-0.05, 0) is 41.3 Å². The van der Waals surface area contributed by atoms with E-state index in [4.69, 9.17) is 0 Å². The zero-order chi connectivity index (χ0) is 9.97. The van der Waals surface area contributed by atoms with Gasteiger partial charge in [0.1, 0.15) is 0 Å². The van der Waals surface area contributed by atoms with Gasteiger partial charge in [-0.15, -0.1) is 0 Å². The summed E-state index contributed by atoms with van der Waals surface area (Å²) in [5.41, 5.74) is 0.624. The molecular weight excluding hydrogens is 247 g/mol. The summed E-state index contributed by atoms with van der Waals surface area (Å²) in [6, 6.07) is 1.80. The van der Waals surface area contributed by atoms with E-state index < -0.39 is 0 Å². The Morgan fingerprint density at radius 1 is 1.29 bits per heavy atom. The number of pyridine rings is 1. The van der Waals surface area contributed by atoms with Crippen molar-refractivity contribution in [2.24, 2.45) is 0 Å². The van der Waals surface area contributed by atoms with Gasteiger partial charge in [-0.25, -0.2) is 4.98 Å². The Morgan fingerprint density at radius 2 is 2.00 bits per heavy atom. The maximum absolute atomic E-state index is 13.4. The van der Waals surface area contributed by atoms with E-state index in [2.05, 4.69) is 25.8 Å². The van der Waals surface area contributed by atoms with Crippen molar-refractivity contribution >= 4 is 21.6 Å². The van der Waals surface area contributed by atoms with Crippen molar-refractivity contribution in [1.82, 2.24) is 4.98 Å². The van der Waals surface area contributed by atoms with Crippen molar-refractivity contribution in [3.8, 4) is 0 Å². The van der Waals surface area contributed by atoms with Crippen LogP contribution in [0.25, 0.3) is 0 Å². The standard InChI is InChI=1S/C10H12BrFN2/c11-8-6-9(10(12)13-7-8)14-4-2-1-3-5-14/h6-7H,1-5H2. The van der Waals surface area contributed by atoms with Crippen LogP contribution in [0.2, 0.25) is 0 Å². The molecule has 1 aliphatic heterocycles. The Balaban J connectivity index is 2.24. The van der Waals surface area contributed by atoms with Crippen molar-refractivity contribution in [3.05, 3.63) is 22.7 Å². The van der Waals surface area contributed by atoms with Crippen LogP contribution in [0.4, 0.5) is 10.1 Å².